The van der Waals surface area contributed by atoms with Crippen LogP contribution in [0.4, 0.5) is 11.5 Å². The van der Waals surface area contributed by atoms with E-state index in [2.05, 4.69) is 25.6 Å². The van der Waals surface area contributed by atoms with Gasteiger partial charge in [0.1, 0.15) is 11.6 Å². The summed E-state index contributed by atoms with van der Waals surface area (Å²) in [6.45, 7) is 3.62. The number of anilines is 2. The first-order valence-electron chi connectivity index (χ1n) is 7.38. The molecule has 0 unspecified atom stereocenters. The van der Waals surface area contributed by atoms with Crippen molar-refractivity contribution in [3.05, 3.63) is 34.4 Å². The summed E-state index contributed by atoms with van der Waals surface area (Å²) in [5, 5.41) is 0. The Labute approximate surface area is 150 Å². The zero-order valence-corrected chi connectivity index (χ0v) is 16.2. The fraction of sp³-hybridized carbons (Fsp3) is 0.312. The number of nitrogen functional groups attached to an aromatic ring is 1. The van der Waals surface area contributed by atoms with Gasteiger partial charge in [-0.2, -0.15) is 0 Å². The number of nitrogens with two attached hydrogens (primary N) is 1. The maximum absolute atomic E-state index is 12.1. The molecule has 0 spiro atoms. The lowest BCUT2D eigenvalue weighted by Crippen LogP contribution is -2.17. The number of halogens is 1. The lowest BCUT2D eigenvalue weighted by atomic mass is 10.0. The normalized spacial score (nSPS) is 11.3. The van der Waals surface area contributed by atoms with Crippen molar-refractivity contribution in [3.8, 4) is 16.9 Å². The minimum Gasteiger partial charge on any atom is -0.496 e. The highest BCUT2D eigenvalue weighted by Gasteiger charge is 2.16. The van der Waals surface area contributed by atoms with Gasteiger partial charge in [0.15, 0.2) is 0 Å². The van der Waals surface area contributed by atoms with E-state index < -0.39 is 10.0 Å². The minimum atomic E-state index is -3.41. The zero-order chi connectivity index (χ0) is 17.9. The molecule has 0 aliphatic heterocycles. The van der Waals surface area contributed by atoms with Crippen LogP contribution in [0, 0.1) is 6.92 Å². The van der Waals surface area contributed by atoms with Crippen molar-refractivity contribution in [2.24, 2.45) is 0 Å². The van der Waals surface area contributed by atoms with E-state index >= 15 is 0 Å². The highest BCUT2D eigenvalue weighted by molar-refractivity contribution is 9.10. The molecule has 0 amide bonds. The number of rotatable bonds is 6. The van der Waals surface area contributed by atoms with Gasteiger partial charge < -0.3 is 10.5 Å². The Hall–Kier alpha value is -1.80. The number of benzene rings is 1. The van der Waals surface area contributed by atoms with Crippen molar-refractivity contribution in [2.45, 2.75) is 20.3 Å². The lowest BCUT2D eigenvalue weighted by molar-refractivity contribution is 0.412. The van der Waals surface area contributed by atoms with Crippen molar-refractivity contribution in [3.63, 3.8) is 0 Å². The summed E-state index contributed by atoms with van der Waals surface area (Å²) in [4.78, 5) is 4.12. The second kappa shape index (κ2) is 7.40. The van der Waals surface area contributed by atoms with Gasteiger partial charge in [-0.15, -0.1) is 0 Å². The average Bonchev–Trinajstić information content (AvgIpc) is 2.51. The molecule has 1 aromatic carbocycles. The number of aromatic nitrogens is 1. The number of ether oxygens (including phenoxy) is 1. The summed E-state index contributed by atoms with van der Waals surface area (Å²) in [5.74, 6) is 0.979. The summed E-state index contributed by atoms with van der Waals surface area (Å²) in [6, 6.07) is 5.38. The topological polar surface area (TPSA) is 94.3 Å². The summed E-state index contributed by atoms with van der Waals surface area (Å²) in [6.07, 6.45) is 2.14. The molecule has 24 heavy (non-hydrogen) atoms. The Kier molecular flexibility index (Phi) is 5.71. The minimum absolute atomic E-state index is 0.0551. The molecule has 0 saturated carbocycles. The summed E-state index contributed by atoms with van der Waals surface area (Å²) >= 11 is 3.37. The summed E-state index contributed by atoms with van der Waals surface area (Å²) in [7, 11) is -1.87. The van der Waals surface area contributed by atoms with Crippen LogP contribution in [-0.2, 0) is 10.0 Å². The van der Waals surface area contributed by atoms with Crippen LogP contribution < -0.4 is 15.2 Å². The van der Waals surface area contributed by atoms with Crippen molar-refractivity contribution in [2.75, 3.05) is 23.3 Å². The van der Waals surface area contributed by atoms with Crippen LogP contribution >= 0.6 is 15.9 Å². The van der Waals surface area contributed by atoms with Gasteiger partial charge in [0, 0.05) is 21.8 Å². The molecule has 2 aromatic rings. The monoisotopic (exact) mass is 413 g/mol. The SMILES string of the molecule is CCCS(=O)(=O)Nc1cc(-c2cc(Br)cnc2N)cc(OC)c1C. The molecule has 8 heteroatoms. The number of nitrogens with one attached hydrogen (secondary N) is 1. The van der Waals surface area contributed by atoms with E-state index in [-0.39, 0.29) is 5.75 Å². The molecule has 0 fully saturated rings. The van der Waals surface area contributed by atoms with Crippen LogP contribution in [0.1, 0.15) is 18.9 Å². The number of pyridine rings is 1. The fourth-order valence-electron chi connectivity index (χ4n) is 2.33. The maximum atomic E-state index is 12.1. The van der Waals surface area contributed by atoms with E-state index in [1.807, 2.05) is 19.1 Å². The molecule has 1 heterocycles. The maximum Gasteiger partial charge on any atom is 0.232 e. The van der Waals surface area contributed by atoms with E-state index in [9.17, 15) is 8.42 Å². The molecular weight excluding hydrogens is 394 g/mol. The highest BCUT2D eigenvalue weighted by atomic mass is 79.9. The van der Waals surface area contributed by atoms with Gasteiger partial charge in [-0.1, -0.05) is 6.92 Å². The first kappa shape index (κ1) is 18.5. The third-order valence-corrected chi connectivity index (χ3v) is 5.42. The van der Waals surface area contributed by atoms with Gasteiger partial charge in [-0.25, -0.2) is 13.4 Å². The van der Waals surface area contributed by atoms with Crippen molar-refractivity contribution in [1.29, 1.82) is 0 Å². The molecule has 2 rings (SSSR count). The summed E-state index contributed by atoms with van der Waals surface area (Å²) < 4.78 is 33.0. The molecule has 1 aromatic heterocycles. The number of sulfonamides is 1. The first-order valence-corrected chi connectivity index (χ1v) is 9.82. The molecule has 0 atom stereocenters. The predicted molar refractivity (Wildman–Crippen MR) is 101 cm³/mol. The van der Waals surface area contributed by atoms with E-state index in [4.69, 9.17) is 10.5 Å². The van der Waals surface area contributed by atoms with Crippen molar-refractivity contribution in [1.82, 2.24) is 4.98 Å². The number of nitrogens with zero attached hydrogens (tertiary/aromatic N) is 1. The van der Waals surface area contributed by atoms with E-state index in [0.717, 1.165) is 10.0 Å². The molecule has 0 aliphatic carbocycles. The van der Waals surface area contributed by atoms with Gasteiger partial charge in [0.25, 0.3) is 0 Å². The van der Waals surface area contributed by atoms with Crippen LogP contribution in [0.15, 0.2) is 28.9 Å². The Bertz CT molecular complexity index is 854. The predicted octanol–water partition coefficient (Wildman–Crippen LogP) is 3.56. The second-order valence-corrected chi connectivity index (χ2v) is 8.12. The van der Waals surface area contributed by atoms with E-state index in [1.165, 1.54) is 0 Å². The molecule has 3 N–H and O–H groups in total. The third-order valence-electron chi connectivity index (χ3n) is 3.51. The third kappa shape index (κ3) is 4.18. The Balaban J connectivity index is 2.59. The van der Waals surface area contributed by atoms with Crippen LogP contribution in [0.2, 0.25) is 0 Å². The molecule has 0 radical (unpaired) electrons. The van der Waals surface area contributed by atoms with Crippen LogP contribution in [0.25, 0.3) is 11.1 Å². The van der Waals surface area contributed by atoms with Crippen molar-refractivity contribution >= 4 is 37.5 Å². The van der Waals surface area contributed by atoms with Crippen molar-refractivity contribution < 1.29 is 13.2 Å². The first-order chi connectivity index (χ1) is 11.3. The second-order valence-electron chi connectivity index (χ2n) is 5.36. The zero-order valence-electron chi connectivity index (χ0n) is 13.8. The lowest BCUT2D eigenvalue weighted by Gasteiger charge is -2.16. The number of methoxy groups -OCH3 is 1. The fourth-order valence-corrected chi connectivity index (χ4v) is 3.85. The average molecular weight is 414 g/mol. The van der Waals surface area contributed by atoms with Crippen LogP contribution in [0.5, 0.6) is 5.75 Å². The van der Waals surface area contributed by atoms with Gasteiger partial charge in [-0.3, -0.25) is 4.72 Å². The Morgan fingerprint density at radius 1 is 1.33 bits per heavy atom. The Morgan fingerprint density at radius 2 is 2.04 bits per heavy atom. The quantitative estimate of drug-likeness (QED) is 0.754. The molecule has 0 bridgehead atoms. The smallest absolute Gasteiger partial charge is 0.232 e. The van der Waals surface area contributed by atoms with E-state index in [1.54, 1.807) is 26.3 Å². The van der Waals surface area contributed by atoms with Gasteiger partial charge >= 0.3 is 0 Å². The number of hydrogen-bond acceptors (Lipinski definition) is 5. The molecule has 130 valence electrons. The highest BCUT2D eigenvalue weighted by Crippen LogP contribution is 2.36. The largest absolute Gasteiger partial charge is 0.496 e. The molecule has 6 nitrogen and oxygen atoms in total. The standard InChI is InChI=1S/C16H20BrN3O3S/c1-4-5-24(21,22)20-14-6-11(7-15(23-3)10(14)2)13-8-12(17)9-19-16(13)18/h6-9,20H,4-5H2,1-3H3,(H2,18,19). The van der Waals surface area contributed by atoms with Gasteiger partial charge in [-0.05, 0) is 53.0 Å². The van der Waals surface area contributed by atoms with Gasteiger partial charge in [0.05, 0.1) is 18.6 Å². The van der Waals surface area contributed by atoms with Crippen LogP contribution in [0.3, 0.4) is 0 Å². The van der Waals surface area contributed by atoms with Crippen LogP contribution in [-0.4, -0.2) is 26.3 Å². The molecule has 0 saturated heterocycles. The molecular formula is C16H20BrN3O3S. The molecule has 0 aliphatic rings. The number of hydrogen-bond donors (Lipinski definition) is 2. The Morgan fingerprint density at radius 3 is 2.67 bits per heavy atom. The summed E-state index contributed by atoms with van der Waals surface area (Å²) in [5.41, 5.74) is 8.56. The van der Waals surface area contributed by atoms with E-state index in [0.29, 0.717) is 34.8 Å². The van der Waals surface area contributed by atoms with Gasteiger partial charge in [0.2, 0.25) is 10.0 Å².